The van der Waals surface area contributed by atoms with Gasteiger partial charge in [-0.2, -0.15) is 9.97 Å². The number of fused-ring (bicyclic) bond motifs is 1. The molecule has 0 spiro atoms. The molecule has 7 heteroatoms. The van der Waals surface area contributed by atoms with Crippen molar-refractivity contribution in [3.05, 3.63) is 53.1 Å². The minimum atomic E-state index is 0.132. The van der Waals surface area contributed by atoms with Crippen molar-refractivity contribution < 1.29 is 19.0 Å². The highest BCUT2D eigenvalue weighted by molar-refractivity contribution is 5.78. The van der Waals surface area contributed by atoms with Crippen LogP contribution in [0.2, 0.25) is 0 Å². The maximum Gasteiger partial charge on any atom is 0.328 e. The summed E-state index contributed by atoms with van der Waals surface area (Å²) in [7, 11) is 0. The molecule has 2 aromatic heterocycles. The Morgan fingerprint density at radius 1 is 1.00 bits per heavy atom. The summed E-state index contributed by atoms with van der Waals surface area (Å²) in [6.45, 7) is 8.25. The molecule has 4 rings (SSSR count). The van der Waals surface area contributed by atoms with Crippen LogP contribution < -0.4 is 9.47 Å². The number of phenols is 1. The second kappa shape index (κ2) is 8.63. The van der Waals surface area contributed by atoms with Gasteiger partial charge in [-0.05, 0) is 67.6 Å². The highest BCUT2D eigenvalue weighted by Gasteiger charge is 2.19. The number of ether oxygens (including phenoxy) is 2. The van der Waals surface area contributed by atoms with Crippen LogP contribution in [0, 0.1) is 13.8 Å². The Bertz CT molecular complexity index is 1210. The zero-order valence-corrected chi connectivity index (χ0v) is 18.1. The Balaban J connectivity index is 1.77. The minimum Gasteiger partial charge on any atom is -0.507 e. The van der Waals surface area contributed by atoms with E-state index in [2.05, 4.69) is 21.9 Å². The van der Waals surface area contributed by atoms with E-state index in [1.165, 1.54) is 0 Å². The molecule has 0 aliphatic rings. The van der Waals surface area contributed by atoms with E-state index in [0.717, 1.165) is 35.1 Å². The molecular weight excluding hydrogens is 394 g/mol. The van der Waals surface area contributed by atoms with E-state index >= 15 is 0 Å². The van der Waals surface area contributed by atoms with E-state index in [-0.39, 0.29) is 17.5 Å². The molecule has 0 amide bonds. The largest absolute Gasteiger partial charge is 0.507 e. The summed E-state index contributed by atoms with van der Waals surface area (Å²) in [5.41, 5.74) is 4.09. The van der Waals surface area contributed by atoms with Gasteiger partial charge >= 0.3 is 6.01 Å². The van der Waals surface area contributed by atoms with Gasteiger partial charge in [-0.3, -0.25) is 0 Å². The van der Waals surface area contributed by atoms with Gasteiger partial charge in [-0.15, -0.1) is 0 Å². The highest BCUT2D eigenvalue weighted by atomic mass is 16.5. The molecule has 0 unspecified atom stereocenters. The molecule has 0 atom stereocenters. The Kier molecular flexibility index (Phi) is 5.75. The van der Waals surface area contributed by atoms with Gasteiger partial charge in [0, 0.05) is 5.56 Å². The molecule has 31 heavy (non-hydrogen) atoms. The molecule has 0 fully saturated rings. The molecule has 7 nitrogen and oxygen atoms in total. The van der Waals surface area contributed by atoms with Gasteiger partial charge < -0.3 is 19.0 Å². The number of benzene rings is 2. The lowest BCUT2D eigenvalue weighted by molar-refractivity contribution is 0.302. The van der Waals surface area contributed by atoms with Crippen LogP contribution in [-0.2, 0) is 6.42 Å². The molecule has 0 bridgehead atoms. The molecule has 0 radical (unpaired) electrons. The van der Waals surface area contributed by atoms with Crippen LogP contribution in [0.25, 0.3) is 22.7 Å². The number of aromatic nitrogens is 3. The molecule has 4 aromatic rings. The maximum atomic E-state index is 10.1. The van der Waals surface area contributed by atoms with Crippen LogP contribution >= 0.6 is 0 Å². The first-order valence-electron chi connectivity index (χ1n) is 10.4. The number of hydrogen-bond donors (Lipinski definition) is 1. The fourth-order valence-corrected chi connectivity index (χ4v) is 3.26. The smallest absolute Gasteiger partial charge is 0.328 e. The van der Waals surface area contributed by atoms with Crippen LogP contribution in [0.5, 0.6) is 23.4 Å². The Labute approximate surface area is 180 Å². The third-order valence-electron chi connectivity index (χ3n) is 4.90. The zero-order valence-electron chi connectivity index (χ0n) is 18.1. The van der Waals surface area contributed by atoms with Gasteiger partial charge in [0.25, 0.3) is 11.6 Å². The van der Waals surface area contributed by atoms with Gasteiger partial charge in [0.15, 0.2) is 5.52 Å². The molecule has 0 saturated carbocycles. The fourth-order valence-electron chi connectivity index (χ4n) is 3.26. The second-order valence-corrected chi connectivity index (χ2v) is 7.39. The lowest BCUT2D eigenvalue weighted by atomic mass is 10.1. The lowest BCUT2D eigenvalue weighted by Gasteiger charge is -2.07. The first-order valence-corrected chi connectivity index (χ1v) is 10.4. The number of aromatic hydroxyl groups is 1. The Morgan fingerprint density at radius 2 is 1.77 bits per heavy atom. The summed E-state index contributed by atoms with van der Waals surface area (Å²) in [5.74, 6) is 1.60. The minimum absolute atomic E-state index is 0.132. The molecular formula is C24H25N3O4. The average Bonchev–Trinajstić information content (AvgIpc) is 3.20. The first-order chi connectivity index (χ1) is 15.0. The van der Waals surface area contributed by atoms with Gasteiger partial charge in [0.2, 0.25) is 5.89 Å². The van der Waals surface area contributed by atoms with Crippen molar-refractivity contribution in [1.29, 1.82) is 0 Å². The van der Waals surface area contributed by atoms with E-state index in [1.54, 1.807) is 0 Å². The van der Waals surface area contributed by atoms with Crippen molar-refractivity contribution in [3.8, 4) is 34.8 Å². The van der Waals surface area contributed by atoms with Crippen molar-refractivity contribution in [1.82, 2.24) is 15.0 Å². The number of aryl methyl sites for hydroxylation is 3. The summed E-state index contributed by atoms with van der Waals surface area (Å²) in [6.07, 6.45) is 1.72. The van der Waals surface area contributed by atoms with E-state index in [4.69, 9.17) is 13.9 Å². The fraction of sp³-hybridized carbons (Fsp3) is 0.292. The normalized spacial score (nSPS) is 11.1. The Morgan fingerprint density at radius 3 is 2.48 bits per heavy atom. The van der Waals surface area contributed by atoms with Gasteiger partial charge in [-0.1, -0.05) is 26.0 Å². The second-order valence-electron chi connectivity index (χ2n) is 7.39. The predicted molar refractivity (Wildman–Crippen MR) is 118 cm³/mol. The molecule has 160 valence electrons. The molecule has 1 N–H and O–H groups in total. The first kappa shape index (κ1) is 20.7. The topological polar surface area (TPSA) is 90.5 Å². The van der Waals surface area contributed by atoms with Crippen LogP contribution in [-0.4, -0.2) is 26.7 Å². The van der Waals surface area contributed by atoms with Crippen LogP contribution in [0.3, 0.4) is 0 Å². The van der Waals surface area contributed by atoms with Gasteiger partial charge in [0.05, 0.1) is 6.61 Å². The molecule has 2 aromatic carbocycles. The SMILES string of the molecule is CCCOc1nc(Oc2cccc(CC)c2)nc2oc(-c3cc(C)c(O)c(C)c3)nc12. The summed E-state index contributed by atoms with van der Waals surface area (Å²) in [4.78, 5) is 13.4. The third kappa shape index (κ3) is 4.30. The van der Waals surface area contributed by atoms with Gasteiger partial charge in [0.1, 0.15) is 11.5 Å². The van der Waals surface area contributed by atoms with Crippen molar-refractivity contribution in [2.75, 3.05) is 6.61 Å². The summed E-state index contributed by atoms with van der Waals surface area (Å²) >= 11 is 0. The number of rotatable bonds is 7. The van der Waals surface area contributed by atoms with Gasteiger partial charge in [-0.25, -0.2) is 4.98 Å². The third-order valence-corrected chi connectivity index (χ3v) is 4.90. The molecule has 0 aliphatic carbocycles. The van der Waals surface area contributed by atoms with Crippen molar-refractivity contribution in [3.63, 3.8) is 0 Å². The highest BCUT2D eigenvalue weighted by Crippen LogP contribution is 2.33. The lowest BCUT2D eigenvalue weighted by Crippen LogP contribution is -2.01. The van der Waals surface area contributed by atoms with Crippen LogP contribution in [0.15, 0.2) is 40.8 Å². The monoisotopic (exact) mass is 419 g/mol. The summed E-state index contributed by atoms with van der Waals surface area (Å²) in [6, 6.07) is 11.6. The van der Waals surface area contributed by atoms with Crippen LogP contribution in [0.4, 0.5) is 0 Å². The van der Waals surface area contributed by atoms with Crippen molar-refractivity contribution >= 4 is 11.2 Å². The zero-order chi connectivity index (χ0) is 22.0. The quantitative estimate of drug-likeness (QED) is 0.408. The number of nitrogens with zero attached hydrogens (tertiary/aromatic N) is 3. The molecule has 2 heterocycles. The molecule has 0 saturated heterocycles. The summed E-state index contributed by atoms with van der Waals surface area (Å²) in [5, 5.41) is 10.1. The predicted octanol–water partition coefficient (Wildman–Crippen LogP) is 5.75. The Hall–Kier alpha value is -3.61. The van der Waals surface area contributed by atoms with E-state index in [9.17, 15) is 5.11 Å². The maximum absolute atomic E-state index is 10.1. The molecule has 0 aliphatic heterocycles. The standard InChI is InChI=1S/C24H25N3O4/c1-5-10-29-22-19-23(27-24(26-22)30-18-9-7-8-16(6-2)13-18)31-21(25-19)17-11-14(3)20(28)15(4)12-17/h7-9,11-13,28H,5-6,10H2,1-4H3. The van der Waals surface area contributed by atoms with E-state index in [0.29, 0.717) is 29.6 Å². The number of oxazole rings is 1. The van der Waals surface area contributed by atoms with Crippen molar-refractivity contribution in [2.24, 2.45) is 0 Å². The van der Waals surface area contributed by atoms with E-state index in [1.807, 2.05) is 57.2 Å². The van der Waals surface area contributed by atoms with Crippen molar-refractivity contribution in [2.45, 2.75) is 40.5 Å². The average molecular weight is 419 g/mol. The number of hydrogen-bond acceptors (Lipinski definition) is 7. The van der Waals surface area contributed by atoms with Crippen LogP contribution in [0.1, 0.15) is 37.0 Å². The summed E-state index contributed by atoms with van der Waals surface area (Å²) < 4.78 is 17.7. The van der Waals surface area contributed by atoms with E-state index < -0.39 is 0 Å². The number of phenolic OH excluding ortho intramolecular Hbond substituents is 1.